The van der Waals surface area contributed by atoms with E-state index in [1.54, 1.807) is 11.8 Å². The lowest BCUT2D eigenvalue weighted by Crippen LogP contribution is -2.44. The van der Waals surface area contributed by atoms with Crippen molar-refractivity contribution in [1.29, 1.82) is 0 Å². The van der Waals surface area contributed by atoms with Crippen LogP contribution in [-0.4, -0.2) is 65.2 Å². The maximum absolute atomic E-state index is 13.6. The molecule has 0 aromatic heterocycles. The minimum Gasteiger partial charge on any atom is -0.480 e. The molecule has 2 N–H and O–H groups in total. The minimum atomic E-state index is -1.01. The van der Waals surface area contributed by atoms with Crippen molar-refractivity contribution in [3.63, 3.8) is 0 Å². The number of carbonyl (C=O) groups is 2. The number of ether oxygens (including phenoxy) is 1. The van der Waals surface area contributed by atoms with Gasteiger partial charge in [-0.25, -0.2) is 4.79 Å². The standard InChI is InChI=1S/C37H56N2O4S/c1-26(2)18-20-43-25-31(22-29-13-8-7-9-14-29)39(27(3)4)24-30-16-17-33(34(23-30)32-15-11-10-12-28(32)5)36(40)38-35(37(41)42)19-21-44-6/h10-12,15-17,23,26-27,29,31,35H,7-9,13-14,18-22,24-25H2,1-6H3,(H,38,40)(H,41,42). The molecule has 2 unspecified atom stereocenters. The third-order valence-corrected chi connectivity index (χ3v) is 9.60. The van der Waals surface area contributed by atoms with E-state index in [1.807, 2.05) is 36.6 Å². The Morgan fingerprint density at radius 1 is 1.02 bits per heavy atom. The van der Waals surface area contributed by atoms with Crippen molar-refractivity contribution < 1.29 is 19.4 Å². The van der Waals surface area contributed by atoms with Crippen LogP contribution in [0.1, 0.15) is 101 Å². The fourth-order valence-corrected chi connectivity index (χ4v) is 6.78. The molecular formula is C37H56N2O4S. The Morgan fingerprint density at radius 2 is 1.75 bits per heavy atom. The van der Waals surface area contributed by atoms with Gasteiger partial charge in [0.05, 0.1) is 6.61 Å². The van der Waals surface area contributed by atoms with Crippen molar-refractivity contribution in [3.05, 3.63) is 59.2 Å². The number of nitrogens with zero attached hydrogens (tertiary/aromatic N) is 1. The summed E-state index contributed by atoms with van der Waals surface area (Å²) in [6.45, 7) is 13.4. The number of aryl methyl sites for hydroxylation is 1. The first-order valence-corrected chi connectivity index (χ1v) is 18.0. The molecule has 1 aliphatic rings. The molecule has 0 bridgehead atoms. The van der Waals surface area contributed by atoms with E-state index in [1.165, 1.54) is 32.1 Å². The summed E-state index contributed by atoms with van der Waals surface area (Å²) < 4.78 is 6.32. The summed E-state index contributed by atoms with van der Waals surface area (Å²) >= 11 is 1.57. The second-order valence-corrected chi connectivity index (χ2v) is 14.2. The van der Waals surface area contributed by atoms with Crippen LogP contribution >= 0.6 is 11.8 Å². The maximum atomic E-state index is 13.6. The monoisotopic (exact) mass is 624 g/mol. The fraction of sp³-hybridized carbons (Fsp3) is 0.622. The fourth-order valence-electron chi connectivity index (χ4n) is 6.30. The maximum Gasteiger partial charge on any atom is 0.326 e. The van der Waals surface area contributed by atoms with Gasteiger partial charge in [0, 0.05) is 30.8 Å². The number of nitrogens with one attached hydrogen (secondary N) is 1. The molecule has 0 saturated heterocycles. The number of amides is 1. The molecule has 0 aliphatic heterocycles. The molecule has 1 aliphatic carbocycles. The molecule has 1 fully saturated rings. The summed E-state index contributed by atoms with van der Waals surface area (Å²) in [5.41, 5.74) is 4.55. The van der Waals surface area contributed by atoms with Crippen molar-refractivity contribution in [1.82, 2.24) is 10.2 Å². The Bertz CT molecular complexity index is 1180. The van der Waals surface area contributed by atoms with Gasteiger partial charge in [0.25, 0.3) is 5.91 Å². The van der Waals surface area contributed by atoms with E-state index >= 15 is 0 Å². The molecule has 244 valence electrons. The van der Waals surface area contributed by atoms with Gasteiger partial charge < -0.3 is 15.2 Å². The van der Waals surface area contributed by atoms with E-state index in [2.05, 4.69) is 57.0 Å². The normalized spacial score (nSPS) is 15.6. The first kappa shape index (κ1) is 36.1. The third kappa shape index (κ3) is 11.2. The van der Waals surface area contributed by atoms with Crippen molar-refractivity contribution in [2.75, 3.05) is 25.2 Å². The second kappa shape index (κ2) is 18.6. The molecule has 44 heavy (non-hydrogen) atoms. The van der Waals surface area contributed by atoms with E-state index in [4.69, 9.17) is 4.74 Å². The average Bonchev–Trinajstić information content (AvgIpc) is 2.99. The van der Waals surface area contributed by atoms with E-state index < -0.39 is 12.0 Å². The highest BCUT2D eigenvalue weighted by Gasteiger charge is 2.28. The van der Waals surface area contributed by atoms with Gasteiger partial charge >= 0.3 is 5.97 Å². The van der Waals surface area contributed by atoms with Gasteiger partial charge in [0.15, 0.2) is 0 Å². The Balaban J connectivity index is 1.93. The van der Waals surface area contributed by atoms with Crippen LogP contribution in [-0.2, 0) is 16.1 Å². The van der Waals surface area contributed by atoms with Crippen LogP contribution in [0, 0.1) is 18.8 Å². The first-order valence-electron chi connectivity index (χ1n) is 16.7. The third-order valence-electron chi connectivity index (χ3n) is 8.96. The van der Waals surface area contributed by atoms with Crippen LogP contribution in [0.3, 0.4) is 0 Å². The van der Waals surface area contributed by atoms with E-state index in [0.717, 1.165) is 60.8 Å². The highest BCUT2D eigenvalue weighted by molar-refractivity contribution is 7.98. The number of aliphatic carboxylic acids is 1. The number of hydrogen-bond acceptors (Lipinski definition) is 5. The lowest BCUT2D eigenvalue weighted by molar-refractivity contribution is -0.139. The van der Waals surface area contributed by atoms with Crippen molar-refractivity contribution in [3.8, 4) is 11.1 Å². The molecule has 2 aromatic carbocycles. The Kier molecular flexibility index (Phi) is 15.3. The number of benzene rings is 2. The Morgan fingerprint density at radius 3 is 2.39 bits per heavy atom. The topological polar surface area (TPSA) is 78.9 Å². The van der Waals surface area contributed by atoms with Crippen LogP contribution in [0.15, 0.2) is 42.5 Å². The van der Waals surface area contributed by atoms with Gasteiger partial charge in [-0.3, -0.25) is 9.69 Å². The van der Waals surface area contributed by atoms with Crippen molar-refractivity contribution in [2.45, 2.75) is 111 Å². The van der Waals surface area contributed by atoms with Gasteiger partial charge in [-0.15, -0.1) is 0 Å². The molecule has 0 radical (unpaired) electrons. The molecule has 3 rings (SSSR count). The zero-order valence-corrected chi connectivity index (χ0v) is 28.8. The van der Waals surface area contributed by atoms with Crippen LogP contribution in [0.2, 0.25) is 0 Å². The van der Waals surface area contributed by atoms with E-state index in [0.29, 0.717) is 35.7 Å². The van der Waals surface area contributed by atoms with Gasteiger partial charge in [-0.2, -0.15) is 11.8 Å². The predicted molar refractivity (Wildman–Crippen MR) is 184 cm³/mol. The molecule has 1 amide bonds. The van der Waals surface area contributed by atoms with E-state index in [9.17, 15) is 14.7 Å². The van der Waals surface area contributed by atoms with Crippen molar-refractivity contribution >= 4 is 23.6 Å². The molecule has 7 heteroatoms. The summed E-state index contributed by atoms with van der Waals surface area (Å²) in [6.07, 6.45) is 11.2. The van der Waals surface area contributed by atoms with E-state index in [-0.39, 0.29) is 5.91 Å². The minimum absolute atomic E-state index is 0.322. The quantitative estimate of drug-likeness (QED) is 0.163. The number of carbonyl (C=O) groups excluding carboxylic acids is 1. The van der Waals surface area contributed by atoms with Crippen molar-refractivity contribution in [2.24, 2.45) is 11.8 Å². The van der Waals surface area contributed by atoms with Gasteiger partial charge in [0.2, 0.25) is 0 Å². The number of rotatable bonds is 18. The zero-order chi connectivity index (χ0) is 32.1. The average molecular weight is 625 g/mol. The lowest BCUT2D eigenvalue weighted by Gasteiger charge is -2.38. The highest BCUT2D eigenvalue weighted by Crippen LogP contribution is 2.32. The first-order chi connectivity index (χ1) is 21.1. The summed E-state index contributed by atoms with van der Waals surface area (Å²) in [4.78, 5) is 28.1. The second-order valence-electron chi connectivity index (χ2n) is 13.3. The summed E-state index contributed by atoms with van der Waals surface area (Å²) in [6, 6.07) is 13.9. The van der Waals surface area contributed by atoms with Crippen LogP contribution in [0.25, 0.3) is 11.1 Å². The van der Waals surface area contributed by atoms with Gasteiger partial charge in [-0.05, 0) is 98.3 Å². The highest BCUT2D eigenvalue weighted by atomic mass is 32.2. The van der Waals surface area contributed by atoms with Gasteiger partial charge in [-0.1, -0.05) is 76.3 Å². The Labute approximate surface area is 270 Å². The zero-order valence-electron chi connectivity index (χ0n) is 27.9. The SMILES string of the molecule is CSCCC(NC(=O)c1ccc(CN(C(C)C)C(COCCC(C)C)CC2CCCCC2)cc1-c1ccccc1C)C(=O)O. The number of carboxylic acid groups (broad SMARTS) is 1. The summed E-state index contributed by atoms with van der Waals surface area (Å²) in [7, 11) is 0. The lowest BCUT2D eigenvalue weighted by atomic mass is 9.84. The van der Waals surface area contributed by atoms with Crippen LogP contribution < -0.4 is 5.32 Å². The molecule has 0 spiro atoms. The summed E-state index contributed by atoms with van der Waals surface area (Å²) in [5.74, 6) is 0.673. The molecule has 6 nitrogen and oxygen atoms in total. The smallest absolute Gasteiger partial charge is 0.326 e. The molecular weight excluding hydrogens is 568 g/mol. The Hall–Kier alpha value is -2.35. The number of carboxylic acids is 1. The summed E-state index contributed by atoms with van der Waals surface area (Å²) in [5, 5.41) is 12.6. The van der Waals surface area contributed by atoms with Crippen LogP contribution in [0.4, 0.5) is 0 Å². The number of hydrogen-bond donors (Lipinski definition) is 2. The molecule has 0 heterocycles. The molecule has 2 aromatic rings. The molecule has 1 saturated carbocycles. The largest absolute Gasteiger partial charge is 0.480 e. The number of thioether (sulfide) groups is 1. The van der Waals surface area contributed by atoms with Gasteiger partial charge in [0.1, 0.15) is 6.04 Å². The van der Waals surface area contributed by atoms with Crippen LogP contribution in [0.5, 0.6) is 0 Å². The molecule has 2 atom stereocenters. The predicted octanol–water partition coefficient (Wildman–Crippen LogP) is 8.21.